The van der Waals surface area contributed by atoms with E-state index in [-0.39, 0.29) is 30.2 Å². The van der Waals surface area contributed by atoms with E-state index < -0.39 is 10.0 Å². The molecule has 0 unspecified atom stereocenters. The van der Waals surface area contributed by atoms with Gasteiger partial charge in [0.25, 0.3) is 0 Å². The summed E-state index contributed by atoms with van der Waals surface area (Å²) in [5.74, 6) is -0.753. The van der Waals surface area contributed by atoms with Gasteiger partial charge in [-0.25, -0.2) is 12.7 Å². The molecule has 4 rings (SSSR count). The molecule has 5 nitrogen and oxygen atoms in total. The van der Waals surface area contributed by atoms with Crippen LogP contribution in [0.15, 0.2) is 36.4 Å². The Morgan fingerprint density at radius 3 is 2.52 bits per heavy atom. The Hall–Kier alpha value is -1.60. The number of hydrogen-bond donors (Lipinski definition) is 1. The standard InChI is InChI=1S/C25H30Cl2N2O3S/c1-17(19-12-11-18-6-2-3-7-20(18)14-19)28-25(30)21-8-5-13-29(15-21)33(31,32)16-22-23(26)9-4-10-24(22)27/h4,9-12,14,17,21H,2-3,5-8,13,15-16H2,1H3,(H,28,30)/t17-,21+/m1/s1. The van der Waals surface area contributed by atoms with Crippen LogP contribution in [0.5, 0.6) is 0 Å². The summed E-state index contributed by atoms with van der Waals surface area (Å²) in [7, 11) is -3.65. The normalized spacial score (nSPS) is 20.2. The molecule has 1 saturated heterocycles. The van der Waals surface area contributed by atoms with Gasteiger partial charge in [-0.15, -0.1) is 0 Å². The lowest BCUT2D eigenvalue weighted by Crippen LogP contribution is -2.46. The van der Waals surface area contributed by atoms with Crippen molar-refractivity contribution in [2.75, 3.05) is 13.1 Å². The molecule has 1 aliphatic carbocycles. The van der Waals surface area contributed by atoms with Crippen molar-refractivity contribution >= 4 is 39.1 Å². The molecule has 33 heavy (non-hydrogen) atoms. The van der Waals surface area contributed by atoms with E-state index in [2.05, 4.69) is 23.5 Å². The third kappa shape index (κ3) is 5.73. The van der Waals surface area contributed by atoms with Crippen LogP contribution in [-0.2, 0) is 33.4 Å². The minimum Gasteiger partial charge on any atom is -0.349 e. The van der Waals surface area contributed by atoms with Gasteiger partial charge in [-0.2, -0.15) is 0 Å². The molecule has 2 aromatic rings. The molecule has 0 saturated carbocycles. The fraction of sp³-hybridized carbons (Fsp3) is 0.480. The second kappa shape index (κ2) is 10.3. The maximum atomic E-state index is 13.1. The number of benzene rings is 2. The van der Waals surface area contributed by atoms with E-state index in [0.29, 0.717) is 35.0 Å². The Morgan fingerprint density at radius 2 is 1.79 bits per heavy atom. The fourth-order valence-electron chi connectivity index (χ4n) is 4.79. The monoisotopic (exact) mass is 508 g/mol. The van der Waals surface area contributed by atoms with Crippen LogP contribution in [0.2, 0.25) is 10.0 Å². The van der Waals surface area contributed by atoms with E-state index in [1.165, 1.54) is 28.3 Å². The molecule has 2 aliphatic rings. The molecular formula is C25H30Cl2N2O3S. The Labute approximate surface area is 206 Å². The van der Waals surface area contributed by atoms with Crippen LogP contribution in [0.4, 0.5) is 0 Å². The number of nitrogens with one attached hydrogen (secondary N) is 1. The first-order chi connectivity index (χ1) is 15.7. The first-order valence-corrected chi connectivity index (χ1v) is 13.9. The van der Waals surface area contributed by atoms with Gasteiger partial charge in [0.05, 0.1) is 17.7 Å². The summed E-state index contributed by atoms with van der Waals surface area (Å²) in [5, 5.41) is 3.77. The summed E-state index contributed by atoms with van der Waals surface area (Å²) in [6.07, 6.45) is 5.98. The number of nitrogens with zero attached hydrogens (tertiary/aromatic N) is 1. The Bertz CT molecular complexity index is 1120. The van der Waals surface area contributed by atoms with Crippen LogP contribution < -0.4 is 5.32 Å². The van der Waals surface area contributed by atoms with Gasteiger partial charge in [0, 0.05) is 28.7 Å². The van der Waals surface area contributed by atoms with Crippen LogP contribution in [0.25, 0.3) is 0 Å². The molecule has 1 amide bonds. The third-order valence-corrected chi connectivity index (χ3v) is 9.25. The fourth-order valence-corrected chi connectivity index (χ4v) is 7.15. The zero-order chi connectivity index (χ0) is 23.6. The SMILES string of the molecule is C[C@@H](NC(=O)[C@H]1CCCN(S(=O)(=O)Cc2c(Cl)cccc2Cl)C1)c1ccc2c(c1)CCCC2. The molecule has 2 atom stereocenters. The van der Waals surface area contributed by atoms with Crippen molar-refractivity contribution in [3.05, 3.63) is 68.7 Å². The van der Waals surface area contributed by atoms with Crippen molar-refractivity contribution in [2.24, 2.45) is 5.92 Å². The number of carbonyl (C=O) groups excluding carboxylic acids is 1. The zero-order valence-electron chi connectivity index (χ0n) is 18.8. The van der Waals surface area contributed by atoms with Crippen molar-refractivity contribution in [3.8, 4) is 0 Å². The summed E-state index contributed by atoms with van der Waals surface area (Å²) in [5.41, 5.74) is 4.29. The molecule has 1 fully saturated rings. The quantitative estimate of drug-likeness (QED) is 0.576. The summed E-state index contributed by atoms with van der Waals surface area (Å²) in [6, 6.07) is 11.3. The minimum atomic E-state index is -3.65. The second-order valence-corrected chi connectivity index (χ2v) is 11.9. The number of hydrogen-bond acceptors (Lipinski definition) is 3. The van der Waals surface area contributed by atoms with E-state index >= 15 is 0 Å². The van der Waals surface area contributed by atoms with E-state index in [4.69, 9.17) is 23.2 Å². The molecule has 0 bridgehead atoms. The molecule has 8 heteroatoms. The van der Waals surface area contributed by atoms with Gasteiger partial charge in [-0.1, -0.05) is 47.5 Å². The lowest BCUT2D eigenvalue weighted by molar-refractivity contribution is -0.126. The van der Waals surface area contributed by atoms with Crippen molar-refractivity contribution in [1.29, 1.82) is 0 Å². The number of aryl methyl sites for hydroxylation is 2. The lowest BCUT2D eigenvalue weighted by atomic mass is 9.89. The molecule has 1 N–H and O–H groups in total. The summed E-state index contributed by atoms with van der Waals surface area (Å²) in [4.78, 5) is 13.0. The van der Waals surface area contributed by atoms with Crippen LogP contribution >= 0.6 is 23.2 Å². The van der Waals surface area contributed by atoms with E-state index in [0.717, 1.165) is 18.4 Å². The van der Waals surface area contributed by atoms with E-state index in [1.54, 1.807) is 18.2 Å². The first kappa shape index (κ1) is 24.5. The third-order valence-electron chi connectivity index (χ3n) is 6.77. The Kier molecular flexibility index (Phi) is 7.69. The number of carbonyl (C=O) groups is 1. The van der Waals surface area contributed by atoms with Gasteiger partial charge in [0.2, 0.25) is 15.9 Å². The van der Waals surface area contributed by atoms with Gasteiger partial charge >= 0.3 is 0 Å². The van der Waals surface area contributed by atoms with Gasteiger partial charge < -0.3 is 5.32 Å². The van der Waals surface area contributed by atoms with Crippen LogP contribution in [-0.4, -0.2) is 31.7 Å². The van der Waals surface area contributed by atoms with Crippen LogP contribution in [0.3, 0.4) is 0 Å². The van der Waals surface area contributed by atoms with Crippen molar-refractivity contribution in [3.63, 3.8) is 0 Å². The average Bonchev–Trinajstić information content (AvgIpc) is 2.81. The Morgan fingerprint density at radius 1 is 1.09 bits per heavy atom. The number of sulfonamides is 1. The number of halogens is 2. The minimum absolute atomic E-state index is 0.101. The Balaban J connectivity index is 1.41. The van der Waals surface area contributed by atoms with Gasteiger partial charge in [-0.3, -0.25) is 4.79 Å². The topological polar surface area (TPSA) is 66.5 Å². The largest absolute Gasteiger partial charge is 0.349 e. The smallest absolute Gasteiger partial charge is 0.224 e. The first-order valence-electron chi connectivity index (χ1n) is 11.6. The summed E-state index contributed by atoms with van der Waals surface area (Å²) < 4.78 is 27.6. The number of rotatable bonds is 6. The highest BCUT2D eigenvalue weighted by atomic mass is 35.5. The molecule has 178 valence electrons. The molecule has 1 aliphatic heterocycles. The highest BCUT2D eigenvalue weighted by Gasteiger charge is 2.33. The molecule has 0 spiro atoms. The molecule has 2 aromatic carbocycles. The maximum absolute atomic E-state index is 13.1. The summed E-state index contributed by atoms with van der Waals surface area (Å²) >= 11 is 12.4. The van der Waals surface area contributed by atoms with Crippen molar-refractivity contribution < 1.29 is 13.2 Å². The van der Waals surface area contributed by atoms with Gasteiger partial charge in [0.15, 0.2) is 0 Å². The number of fused-ring (bicyclic) bond motifs is 1. The highest BCUT2D eigenvalue weighted by molar-refractivity contribution is 7.88. The van der Waals surface area contributed by atoms with Crippen molar-refractivity contribution in [2.45, 2.75) is 57.2 Å². The van der Waals surface area contributed by atoms with Crippen molar-refractivity contribution in [1.82, 2.24) is 9.62 Å². The zero-order valence-corrected chi connectivity index (χ0v) is 21.1. The van der Waals surface area contributed by atoms with Gasteiger partial charge in [-0.05, 0) is 74.3 Å². The second-order valence-electron chi connectivity index (χ2n) is 9.12. The van der Waals surface area contributed by atoms with Crippen LogP contribution in [0, 0.1) is 5.92 Å². The molecule has 0 radical (unpaired) electrons. The number of amides is 1. The molecule has 0 aromatic heterocycles. The highest BCUT2D eigenvalue weighted by Crippen LogP contribution is 2.30. The predicted octanol–water partition coefficient (Wildman–Crippen LogP) is 5.29. The van der Waals surface area contributed by atoms with Crippen LogP contribution in [0.1, 0.15) is 60.9 Å². The molecule has 1 heterocycles. The average molecular weight is 509 g/mol. The molecular weight excluding hydrogens is 479 g/mol. The number of piperidine rings is 1. The summed E-state index contributed by atoms with van der Waals surface area (Å²) in [6.45, 7) is 2.56. The lowest BCUT2D eigenvalue weighted by Gasteiger charge is -2.32. The maximum Gasteiger partial charge on any atom is 0.224 e. The van der Waals surface area contributed by atoms with E-state index in [1.807, 2.05) is 6.92 Å². The predicted molar refractivity (Wildman–Crippen MR) is 133 cm³/mol. The van der Waals surface area contributed by atoms with Gasteiger partial charge in [0.1, 0.15) is 0 Å². The van der Waals surface area contributed by atoms with E-state index in [9.17, 15) is 13.2 Å².